The van der Waals surface area contributed by atoms with Crippen LogP contribution in [-0.4, -0.2) is 4.98 Å². The van der Waals surface area contributed by atoms with Crippen LogP contribution in [0.15, 0.2) is 41.0 Å². The van der Waals surface area contributed by atoms with Gasteiger partial charge in [0.05, 0.1) is 6.04 Å². The van der Waals surface area contributed by atoms with Gasteiger partial charge in [0, 0.05) is 15.7 Å². The predicted octanol–water partition coefficient (Wildman–Crippen LogP) is 3.90. The summed E-state index contributed by atoms with van der Waals surface area (Å²) in [5.74, 6) is 5.61. The molecule has 0 amide bonds. The van der Waals surface area contributed by atoms with Crippen LogP contribution in [0, 0.1) is 0 Å². The Morgan fingerprint density at radius 2 is 2.05 bits per heavy atom. The molecule has 6 heteroatoms. The van der Waals surface area contributed by atoms with Crippen LogP contribution < -0.4 is 11.3 Å². The lowest BCUT2D eigenvalue weighted by atomic mass is 10.0. The van der Waals surface area contributed by atoms with Crippen LogP contribution in [0.1, 0.15) is 17.2 Å². The van der Waals surface area contributed by atoms with Crippen molar-refractivity contribution in [3.05, 3.63) is 62.3 Å². The van der Waals surface area contributed by atoms with Crippen molar-refractivity contribution in [2.75, 3.05) is 0 Å². The number of aromatic nitrogens is 1. The van der Waals surface area contributed by atoms with E-state index in [2.05, 4.69) is 26.3 Å². The topological polar surface area (TPSA) is 50.9 Å². The van der Waals surface area contributed by atoms with E-state index in [9.17, 15) is 0 Å². The van der Waals surface area contributed by atoms with E-state index in [1.54, 1.807) is 12.3 Å². The molecule has 3 N–H and O–H groups in total. The second-order valence-corrected chi connectivity index (χ2v) is 5.78. The highest BCUT2D eigenvalue weighted by molar-refractivity contribution is 9.10. The molecule has 0 saturated heterocycles. The summed E-state index contributed by atoms with van der Waals surface area (Å²) in [6.45, 7) is 0. The minimum atomic E-state index is -0.0663. The summed E-state index contributed by atoms with van der Waals surface area (Å²) < 4.78 is 0.951. The fourth-order valence-corrected chi connectivity index (χ4v) is 2.64. The average Bonchev–Trinajstić information content (AvgIpc) is 2.39. The number of nitrogens with zero attached hydrogens (tertiary/aromatic N) is 1. The summed E-state index contributed by atoms with van der Waals surface area (Å²) >= 11 is 15.4. The maximum Gasteiger partial charge on any atom is 0.129 e. The van der Waals surface area contributed by atoms with E-state index in [4.69, 9.17) is 29.0 Å². The molecule has 0 bridgehead atoms. The zero-order valence-electron chi connectivity index (χ0n) is 9.91. The molecule has 0 spiro atoms. The summed E-state index contributed by atoms with van der Waals surface area (Å²) in [4.78, 5) is 4.06. The minimum absolute atomic E-state index is 0.0663. The first-order chi connectivity index (χ1) is 9.10. The third-order valence-corrected chi connectivity index (χ3v) is 3.86. The third-order valence-electron chi connectivity index (χ3n) is 2.79. The van der Waals surface area contributed by atoms with E-state index in [-0.39, 0.29) is 6.04 Å². The molecule has 1 aromatic carbocycles. The molecule has 2 aromatic rings. The molecule has 100 valence electrons. The van der Waals surface area contributed by atoms with Gasteiger partial charge in [-0.2, -0.15) is 0 Å². The van der Waals surface area contributed by atoms with Crippen LogP contribution >= 0.6 is 39.1 Å². The first-order valence-electron chi connectivity index (χ1n) is 5.61. The molecule has 0 radical (unpaired) electrons. The second kappa shape index (κ2) is 6.68. The number of hydrazine groups is 1. The van der Waals surface area contributed by atoms with Gasteiger partial charge in [0.15, 0.2) is 0 Å². The lowest BCUT2D eigenvalue weighted by Crippen LogP contribution is -2.29. The third kappa shape index (κ3) is 3.91. The lowest BCUT2D eigenvalue weighted by Gasteiger charge is -2.17. The largest absolute Gasteiger partial charge is 0.271 e. The van der Waals surface area contributed by atoms with Gasteiger partial charge in [-0.05, 0) is 35.7 Å². The number of halogens is 3. The van der Waals surface area contributed by atoms with Crippen molar-refractivity contribution in [1.29, 1.82) is 0 Å². The molecule has 0 aliphatic rings. The molecule has 1 aromatic heterocycles. The molecule has 0 aliphatic heterocycles. The zero-order valence-corrected chi connectivity index (χ0v) is 13.0. The first kappa shape index (κ1) is 14.8. The standard InChI is InChI=1S/C13H12BrCl2N3/c14-10-3-1-8(11(15)6-10)5-12(19-17)9-2-4-13(16)18-7-9/h1-4,6-7,12,19H,5,17H2. The number of nitrogens with two attached hydrogens (primary N) is 1. The van der Waals surface area contributed by atoms with Gasteiger partial charge in [0.1, 0.15) is 5.15 Å². The van der Waals surface area contributed by atoms with Crippen molar-refractivity contribution in [2.24, 2.45) is 5.84 Å². The van der Waals surface area contributed by atoms with Gasteiger partial charge in [0.2, 0.25) is 0 Å². The summed E-state index contributed by atoms with van der Waals surface area (Å²) in [7, 11) is 0. The molecular weight excluding hydrogens is 349 g/mol. The normalized spacial score (nSPS) is 12.4. The highest BCUT2D eigenvalue weighted by Crippen LogP contribution is 2.26. The number of pyridine rings is 1. The van der Waals surface area contributed by atoms with Gasteiger partial charge in [-0.1, -0.05) is 51.3 Å². The smallest absolute Gasteiger partial charge is 0.129 e. The Morgan fingerprint density at radius 3 is 2.63 bits per heavy atom. The molecule has 0 fully saturated rings. The number of rotatable bonds is 4. The summed E-state index contributed by atoms with van der Waals surface area (Å²) in [6.07, 6.45) is 2.38. The Balaban J connectivity index is 2.21. The van der Waals surface area contributed by atoms with Crippen LogP contribution in [-0.2, 0) is 6.42 Å². The molecule has 19 heavy (non-hydrogen) atoms. The zero-order chi connectivity index (χ0) is 13.8. The lowest BCUT2D eigenvalue weighted by molar-refractivity contribution is 0.550. The SMILES string of the molecule is NNC(Cc1ccc(Br)cc1Cl)c1ccc(Cl)nc1. The van der Waals surface area contributed by atoms with Crippen molar-refractivity contribution < 1.29 is 0 Å². The average molecular weight is 361 g/mol. The Kier molecular flexibility index (Phi) is 5.19. The minimum Gasteiger partial charge on any atom is -0.271 e. The highest BCUT2D eigenvalue weighted by Gasteiger charge is 2.13. The van der Waals surface area contributed by atoms with Crippen molar-refractivity contribution in [2.45, 2.75) is 12.5 Å². The van der Waals surface area contributed by atoms with Gasteiger partial charge in [-0.25, -0.2) is 4.98 Å². The number of nitrogens with one attached hydrogen (secondary N) is 1. The molecule has 3 nitrogen and oxygen atoms in total. The van der Waals surface area contributed by atoms with Gasteiger partial charge >= 0.3 is 0 Å². The monoisotopic (exact) mass is 359 g/mol. The van der Waals surface area contributed by atoms with Crippen molar-refractivity contribution in [1.82, 2.24) is 10.4 Å². The second-order valence-electron chi connectivity index (χ2n) is 4.07. The van der Waals surface area contributed by atoms with Gasteiger partial charge in [0.25, 0.3) is 0 Å². The van der Waals surface area contributed by atoms with E-state index in [1.165, 1.54) is 0 Å². The molecule has 1 unspecified atom stereocenters. The highest BCUT2D eigenvalue weighted by atomic mass is 79.9. The summed E-state index contributed by atoms with van der Waals surface area (Å²) in [6, 6.07) is 9.36. The maximum absolute atomic E-state index is 6.21. The fourth-order valence-electron chi connectivity index (χ4n) is 1.77. The maximum atomic E-state index is 6.21. The van der Waals surface area contributed by atoms with Crippen molar-refractivity contribution >= 4 is 39.1 Å². The van der Waals surface area contributed by atoms with Crippen LogP contribution in [0.25, 0.3) is 0 Å². The molecule has 1 heterocycles. The van der Waals surface area contributed by atoms with E-state index < -0.39 is 0 Å². The molecule has 0 saturated carbocycles. The number of hydrogen-bond donors (Lipinski definition) is 2. The first-order valence-corrected chi connectivity index (χ1v) is 7.16. The van der Waals surface area contributed by atoms with Crippen LogP contribution in [0.2, 0.25) is 10.2 Å². The molecule has 2 rings (SSSR count). The fraction of sp³-hybridized carbons (Fsp3) is 0.154. The quantitative estimate of drug-likeness (QED) is 0.494. The molecule has 0 aliphatic carbocycles. The van der Waals surface area contributed by atoms with Gasteiger partial charge < -0.3 is 0 Å². The van der Waals surface area contributed by atoms with Crippen LogP contribution in [0.4, 0.5) is 0 Å². The Labute approximate surface area is 130 Å². The van der Waals surface area contributed by atoms with E-state index in [0.29, 0.717) is 16.6 Å². The number of benzene rings is 1. The van der Waals surface area contributed by atoms with Crippen LogP contribution in [0.3, 0.4) is 0 Å². The Bertz CT molecular complexity index is 560. The summed E-state index contributed by atoms with van der Waals surface area (Å²) in [5, 5.41) is 1.16. The van der Waals surface area contributed by atoms with E-state index in [1.807, 2.05) is 24.3 Å². The molecular formula is C13H12BrCl2N3. The molecule has 1 atom stereocenters. The Morgan fingerprint density at radius 1 is 1.26 bits per heavy atom. The Hall–Kier alpha value is -0.650. The number of hydrogen-bond acceptors (Lipinski definition) is 3. The van der Waals surface area contributed by atoms with E-state index in [0.717, 1.165) is 15.6 Å². The van der Waals surface area contributed by atoms with E-state index >= 15 is 0 Å². The van der Waals surface area contributed by atoms with Crippen molar-refractivity contribution in [3.63, 3.8) is 0 Å². The van der Waals surface area contributed by atoms with Crippen molar-refractivity contribution in [3.8, 4) is 0 Å². The predicted molar refractivity (Wildman–Crippen MR) is 82.2 cm³/mol. The summed E-state index contributed by atoms with van der Waals surface area (Å²) in [5.41, 5.74) is 4.75. The van der Waals surface area contributed by atoms with Gasteiger partial charge in [-0.3, -0.25) is 11.3 Å². The van der Waals surface area contributed by atoms with Gasteiger partial charge in [-0.15, -0.1) is 0 Å². The van der Waals surface area contributed by atoms with Crippen LogP contribution in [0.5, 0.6) is 0 Å².